The van der Waals surface area contributed by atoms with Gasteiger partial charge in [0.25, 0.3) is 0 Å². The molecule has 3 heteroatoms. The number of amides is 1. The molecule has 4 rings (SSSR count). The van der Waals surface area contributed by atoms with Crippen LogP contribution in [0, 0.1) is 29.6 Å². The fourth-order valence-corrected chi connectivity index (χ4v) is 5.06. The number of hydrogen-bond acceptors (Lipinski definition) is 2. The summed E-state index contributed by atoms with van der Waals surface area (Å²) in [6.45, 7) is 0. The van der Waals surface area contributed by atoms with Gasteiger partial charge in [-0.15, -0.1) is 0 Å². The van der Waals surface area contributed by atoms with Crippen molar-refractivity contribution < 1.29 is 4.79 Å². The normalized spacial score (nSPS) is 54.8. The highest BCUT2D eigenvalue weighted by Crippen LogP contribution is 2.65. The summed E-state index contributed by atoms with van der Waals surface area (Å²) in [5.74, 6) is 4.11. The third-order valence-corrected chi connectivity index (χ3v) is 5.89. The van der Waals surface area contributed by atoms with E-state index in [1.165, 1.54) is 19.3 Å². The molecule has 0 spiro atoms. The van der Waals surface area contributed by atoms with E-state index in [-0.39, 0.29) is 12.0 Å². The Labute approximate surface area is 103 Å². The maximum Gasteiger partial charge on any atom is 0.223 e. The first kappa shape index (κ1) is 10.4. The molecule has 3 N–H and O–H groups in total. The largest absolute Gasteiger partial charge is 0.353 e. The molecule has 4 aliphatic carbocycles. The Bertz CT molecular complexity index is 340. The molecule has 4 fully saturated rings. The number of rotatable bonds is 2. The van der Waals surface area contributed by atoms with Crippen molar-refractivity contribution in [2.24, 2.45) is 35.3 Å². The number of hydrogen-bond donors (Lipinski definition) is 2. The highest BCUT2D eigenvalue weighted by molar-refractivity contribution is 5.79. The Balaban J connectivity index is 1.36. The highest BCUT2D eigenvalue weighted by Gasteiger charge is 2.65. The summed E-state index contributed by atoms with van der Waals surface area (Å²) in [6, 6.07) is 0.811. The molecule has 0 aromatic heterocycles. The Morgan fingerprint density at radius 2 is 1.71 bits per heavy atom. The molecule has 6 unspecified atom stereocenters. The topological polar surface area (TPSA) is 55.1 Å². The van der Waals surface area contributed by atoms with E-state index in [1.54, 1.807) is 0 Å². The fourth-order valence-electron chi connectivity index (χ4n) is 5.06. The van der Waals surface area contributed by atoms with Gasteiger partial charge in [0.05, 0.1) is 0 Å². The lowest BCUT2D eigenvalue weighted by Gasteiger charge is -2.14. The van der Waals surface area contributed by atoms with Crippen LogP contribution in [0.15, 0.2) is 0 Å². The predicted octanol–water partition coefficient (Wildman–Crippen LogP) is 1.27. The van der Waals surface area contributed by atoms with Crippen molar-refractivity contribution in [1.29, 1.82) is 0 Å². The third-order valence-electron chi connectivity index (χ3n) is 5.89. The summed E-state index contributed by atoms with van der Waals surface area (Å²) in [4.78, 5) is 12.1. The lowest BCUT2D eigenvalue weighted by molar-refractivity contribution is -0.125. The Morgan fingerprint density at radius 3 is 2.29 bits per heavy atom. The summed E-state index contributed by atoms with van der Waals surface area (Å²) in [6.07, 6.45) is 7.23. The maximum atomic E-state index is 12.1. The van der Waals surface area contributed by atoms with Crippen molar-refractivity contribution in [3.63, 3.8) is 0 Å². The van der Waals surface area contributed by atoms with Gasteiger partial charge in [-0.1, -0.05) is 0 Å². The van der Waals surface area contributed by atoms with Crippen LogP contribution >= 0.6 is 0 Å². The Kier molecular flexibility index (Phi) is 2.11. The van der Waals surface area contributed by atoms with Gasteiger partial charge in [0.1, 0.15) is 0 Å². The van der Waals surface area contributed by atoms with E-state index in [0.29, 0.717) is 11.9 Å². The van der Waals surface area contributed by atoms with Crippen molar-refractivity contribution in [1.82, 2.24) is 5.32 Å². The minimum absolute atomic E-state index is 0.212. The Morgan fingerprint density at radius 1 is 1.00 bits per heavy atom. The van der Waals surface area contributed by atoms with Crippen LogP contribution < -0.4 is 11.1 Å². The van der Waals surface area contributed by atoms with Crippen molar-refractivity contribution in [2.75, 3.05) is 0 Å². The third kappa shape index (κ3) is 1.48. The second-order valence-electron chi connectivity index (χ2n) is 6.79. The molecule has 1 amide bonds. The lowest BCUT2D eigenvalue weighted by atomic mass is 10.0. The SMILES string of the molecule is NC1CCC(C(=O)NC2C3C4CCC(C4)C23)C1. The average molecular weight is 234 g/mol. The maximum absolute atomic E-state index is 12.1. The molecular formula is C14H22N2O. The first-order chi connectivity index (χ1) is 8.24. The molecule has 0 aliphatic heterocycles. The molecule has 4 saturated carbocycles. The van der Waals surface area contributed by atoms with Crippen LogP contribution in [-0.4, -0.2) is 18.0 Å². The molecule has 3 nitrogen and oxygen atoms in total. The molecule has 0 saturated heterocycles. The van der Waals surface area contributed by atoms with Gasteiger partial charge < -0.3 is 11.1 Å². The van der Waals surface area contributed by atoms with Gasteiger partial charge in [-0.25, -0.2) is 0 Å². The number of nitrogens with one attached hydrogen (secondary N) is 1. The summed E-state index contributed by atoms with van der Waals surface area (Å²) in [5, 5.41) is 3.32. The zero-order valence-electron chi connectivity index (χ0n) is 10.3. The minimum atomic E-state index is 0.212. The van der Waals surface area contributed by atoms with Gasteiger partial charge in [-0.2, -0.15) is 0 Å². The van der Waals surface area contributed by atoms with Crippen LogP contribution in [-0.2, 0) is 4.79 Å². The first-order valence-electron chi connectivity index (χ1n) is 7.30. The van der Waals surface area contributed by atoms with Crippen LogP contribution in [0.3, 0.4) is 0 Å². The van der Waals surface area contributed by atoms with Crippen molar-refractivity contribution in [3.05, 3.63) is 0 Å². The van der Waals surface area contributed by atoms with Crippen molar-refractivity contribution >= 4 is 5.91 Å². The molecule has 2 bridgehead atoms. The second-order valence-corrected chi connectivity index (χ2v) is 6.79. The van der Waals surface area contributed by atoms with Gasteiger partial charge in [-0.05, 0) is 62.2 Å². The molecule has 94 valence electrons. The second kappa shape index (κ2) is 3.47. The number of carbonyl (C=O) groups is 1. The molecule has 0 aromatic rings. The van der Waals surface area contributed by atoms with Crippen LogP contribution in [0.1, 0.15) is 38.5 Å². The van der Waals surface area contributed by atoms with E-state index in [4.69, 9.17) is 5.73 Å². The van der Waals surface area contributed by atoms with Gasteiger partial charge >= 0.3 is 0 Å². The molecule has 6 atom stereocenters. The molecular weight excluding hydrogens is 212 g/mol. The molecule has 4 aliphatic rings. The summed E-state index contributed by atoms with van der Waals surface area (Å²) >= 11 is 0. The zero-order chi connectivity index (χ0) is 11.6. The van der Waals surface area contributed by atoms with E-state index >= 15 is 0 Å². The monoisotopic (exact) mass is 234 g/mol. The summed E-state index contributed by atoms with van der Waals surface area (Å²) in [5.41, 5.74) is 5.88. The van der Waals surface area contributed by atoms with Crippen molar-refractivity contribution in [2.45, 2.75) is 50.6 Å². The van der Waals surface area contributed by atoms with E-state index in [9.17, 15) is 4.79 Å². The smallest absolute Gasteiger partial charge is 0.223 e. The molecule has 17 heavy (non-hydrogen) atoms. The van der Waals surface area contributed by atoms with Gasteiger partial charge in [0.2, 0.25) is 5.91 Å². The van der Waals surface area contributed by atoms with Gasteiger partial charge in [0, 0.05) is 18.0 Å². The van der Waals surface area contributed by atoms with E-state index in [1.807, 2.05) is 0 Å². The van der Waals surface area contributed by atoms with Crippen LogP contribution in [0.4, 0.5) is 0 Å². The number of fused-ring (bicyclic) bond motifs is 5. The number of carbonyl (C=O) groups excluding carboxylic acids is 1. The van der Waals surface area contributed by atoms with Crippen LogP contribution in [0.25, 0.3) is 0 Å². The molecule has 0 aromatic carbocycles. The van der Waals surface area contributed by atoms with Gasteiger partial charge in [0.15, 0.2) is 0 Å². The standard InChI is InChI=1S/C14H22N2O/c15-10-4-3-9(6-10)14(17)16-13-11-7-1-2-8(5-7)12(11)13/h7-13H,1-6,15H2,(H,16,17). The Hall–Kier alpha value is -0.570. The van der Waals surface area contributed by atoms with E-state index in [2.05, 4.69) is 5.32 Å². The number of nitrogens with two attached hydrogens (primary N) is 1. The van der Waals surface area contributed by atoms with Gasteiger partial charge in [-0.3, -0.25) is 4.79 Å². The van der Waals surface area contributed by atoms with Crippen LogP contribution in [0.5, 0.6) is 0 Å². The fraction of sp³-hybridized carbons (Fsp3) is 0.929. The van der Waals surface area contributed by atoms with Crippen molar-refractivity contribution in [3.8, 4) is 0 Å². The van der Waals surface area contributed by atoms with E-state index in [0.717, 1.165) is 42.9 Å². The first-order valence-corrected chi connectivity index (χ1v) is 7.30. The molecule has 0 heterocycles. The lowest BCUT2D eigenvalue weighted by Crippen LogP contribution is -2.34. The molecule has 0 radical (unpaired) electrons. The summed E-state index contributed by atoms with van der Waals surface area (Å²) in [7, 11) is 0. The quantitative estimate of drug-likeness (QED) is 0.756. The van der Waals surface area contributed by atoms with E-state index < -0.39 is 0 Å². The van der Waals surface area contributed by atoms with Crippen LogP contribution in [0.2, 0.25) is 0 Å². The minimum Gasteiger partial charge on any atom is -0.353 e. The summed E-state index contributed by atoms with van der Waals surface area (Å²) < 4.78 is 0. The zero-order valence-corrected chi connectivity index (χ0v) is 10.3. The highest BCUT2D eigenvalue weighted by atomic mass is 16.2. The predicted molar refractivity (Wildman–Crippen MR) is 65.1 cm³/mol. The average Bonchev–Trinajstić information content (AvgIpc) is 2.77.